The maximum absolute atomic E-state index is 13.1. The van der Waals surface area contributed by atoms with E-state index >= 15 is 0 Å². The highest BCUT2D eigenvalue weighted by atomic mass is 19.4. The average Bonchev–Trinajstić information content (AvgIpc) is 2.79. The Kier molecular flexibility index (Phi) is 2.81. The number of hydrogen-bond donors (Lipinski definition) is 1. The molecule has 2 heterocycles. The zero-order valence-corrected chi connectivity index (χ0v) is 11.9. The van der Waals surface area contributed by atoms with Gasteiger partial charge in [0.2, 0.25) is 5.91 Å². The fourth-order valence-corrected chi connectivity index (χ4v) is 3.33. The second-order valence-electron chi connectivity index (χ2n) is 6.64. The number of alkyl halides is 3. The van der Waals surface area contributed by atoms with Crippen LogP contribution in [0, 0.1) is 11.3 Å². The SMILES string of the molecule is CC(C)(C)C1C(=O)NC2Oc3c(cccc3C(F)(F)F)C21. The molecule has 0 aromatic heterocycles. The molecule has 0 aliphatic carbocycles. The Morgan fingerprint density at radius 1 is 1.19 bits per heavy atom. The first-order valence-electron chi connectivity index (χ1n) is 6.78. The summed E-state index contributed by atoms with van der Waals surface area (Å²) in [5, 5.41) is 2.67. The third-order valence-electron chi connectivity index (χ3n) is 4.14. The lowest BCUT2D eigenvalue weighted by molar-refractivity contribution is -0.139. The smallest absolute Gasteiger partial charge is 0.419 e. The third kappa shape index (κ3) is 2.08. The number of benzene rings is 1. The first kappa shape index (κ1) is 14.2. The van der Waals surface area contributed by atoms with Gasteiger partial charge in [-0.15, -0.1) is 0 Å². The van der Waals surface area contributed by atoms with Gasteiger partial charge >= 0.3 is 6.18 Å². The number of amides is 1. The van der Waals surface area contributed by atoms with E-state index in [9.17, 15) is 18.0 Å². The van der Waals surface area contributed by atoms with Crippen LogP contribution in [0.2, 0.25) is 0 Å². The maximum Gasteiger partial charge on any atom is 0.419 e. The van der Waals surface area contributed by atoms with Crippen LogP contribution in [0.5, 0.6) is 5.75 Å². The topological polar surface area (TPSA) is 38.3 Å². The number of rotatable bonds is 0. The molecule has 1 amide bonds. The van der Waals surface area contributed by atoms with E-state index in [1.807, 2.05) is 20.8 Å². The molecule has 2 aliphatic rings. The highest BCUT2D eigenvalue weighted by Crippen LogP contribution is 2.53. The van der Waals surface area contributed by atoms with Crippen LogP contribution < -0.4 is 10.1 Å². The largest absolute Gasteiger partial charge is 0.469 e. The van der Waals surface area contributed by atoms with Crippen LogP contribution in [0.15, 0.2) is 18.2 Å². The van der Waals surface area contributed by atoms with Gasteiger partial charge in [-0.05, 0) is 11.5 Å². The molecule has 1 fully saturated rings. The van der Waals surface area contributed by atoms with E-state index in [-0.39, 0.29) is 23.0 Å². The van der Waals surface area contributed by atoms with E-state index in [0.29, 0.717) is 5.56 Å². The number of carbonyl (C=O) groups excluding carboxylic acids is 1. The highest BCUT2D eigenvalue weighted by Gasteiger charge is 2.55. The normalized spacial score (nSPS) is 27.9. The lowest BCUT2D eigenvalue weighted by Crippen LogP contribution is -2.32. The fraction of sp³-hybridized carbons (Fsp3) is 0.533. The van der Waals surface area contributed by atoms with Gasteiger partial charge < -0.3 is 10.1 Å². The number of para-hydroxylation sites is 1. The maximum atomic E-state index is 13.1. The van der Waals surface area contributed by atoms with Crippen molar-refractivity contribution in [3.8, 4) is 5.75 Å². The second kappa shape index (κ2) is 4.15. The summed E-state index contributed by atoms with van der Waals surface area (Å²) in [6.07, 6.45) is -5.18. The molecule has 3 atom stereocenters. The standard InChI is InChI=1S/C15H16F3NO2/c1-14(2,3)10-9-7-5-4-6-8(15(16,17)18)11(7)21-13(9)19-12(10)20/h4-6,9-10,13H,1-3H3,(H,19,20). The van der Waals surface area contributed by atoms with Crippen LogP contribution >= 0.6 is 0 Å². The Morgan fingerprint density at radius 3 is 2.43 bits per heavy atom. The van der Waals surface area contributed by atoms with Crippen molar-refractivity contribution in [1.82, 2.24) is 5.32 Å². The van der Waals surface area contributed by atoms with Crippen molar-refractivity contribution < 1.29 is 22.7 Å². The monoisotopic (exact) mass is 299 g/mol. The van der Waals surface area contributed by atoms with E-state index in [0.717, 1.165) is 6.07 Å². The molecule has 0 saturated carbocycles. The van der Waals surface area contributed by atoms with E-state index in [2.05, 4.69) is 5.32 Å². The Morgan fingerprint density at radius 2 is 1.86 bits per heavy atom. The van der Waals surface area contributed by atoms with Crippen LogP contribution in [-0.4, -0.2) is 12.1 Å². The molecule has 1 N–H and O–H groups in total. The number of nitrogens with one attached hydrogen (secondary N) is 1. The Labute approximate surface area is 120 Å². The minimum absolute atomic E-state index is 0.144. The third-order valence-corrected chi connectivity index (χ3v) is 4.14. The van der Waals surface area contributed by atoms with Crippen molar-refractivity contribution in [3.63, 3.8) is 0 Å². The quantitative estimate of drug-likeness (QED) is 0.798. The van der Waals surface area contributed by atoms with Gasteiger partial charge in [0.15, 0.2) is 6.23 Å². The molecule has 1 aromatic carbocycles. The molecule has 21 heavy (non-hydrogen) atoms. The summed E-state index contributed by atoms with van der Waals surface area (Å²) in [4.78, 5) is 12.1. The highest BCUT2D eigenvalue weighted by molar-refractivity contribution is 5.84. The molecule has 0 spiro atoms. The summed E-state index contributed by atoms with van der Waals surface area (Å²) in [6, 6.07) is 4.00. The molecule has 2 aliphatic heterocycles. The number of hydrogen-bond acceptors (Lipinski definition) is 2. The molecule has 3 unspecified atom stereocenters. The van der Waals surface area contributed by atoms with Gasteiger partial charge in [-0.1, -0.05) is 32.9 Å². The number of fused-ring (bicyclic) bond motifs is 3. The van der Waals surface area contributed by atoms with Gasteiger partial charge in [0.1, 0.15) is 5.75 Å². The second-order valence-corrected chi connectivity index (χ2v) is 6.64. The zero-order valence-electron chi connectivity index (χ0n) is 11.9. The van der Waals surface area contributed by atoms with Gasteiger partial charge in [-0.3, -0.25) is 4.79 Å². The molecule has 3 rings (SSSR count). The van der Waals surface area contributed by atoms with Gasteiger partial charge in [-0.25, -0.2) is 0 Å². The zero-order chi connectivity index (χ0) is 15.6. The molecule has 0 bridgehead atoms. The molecule has 3 nitrogen and oxygen atoms in total. The van der Waals surface area contributed by atoms with E-state index < -0.39 is 23.9 Å². The fourth-order valence-electron chi connectivity index (χ4n) is 3.33. The Balaban J connectivity index is 2.11. The van der Waals surface area contributed by atoms with Gasteiger partial charge in [0, 0.05) is 5.56 Å². The van der Waals surface area contributed by atoms with Crippen molar-refractivity contribution >= 4 is 5.91 Å². The first-order chi connectivity index (χ1) is 9.60. The van der Waals surface area contributed by atoms with Crippen LogP contribution in [0.25, 0.3) is 0 Å². The molecular weight excluding hydrogens is 283 g/mol. The predicted octanol–water partition coefficient (Wildman–Crippen LogP) is 3.30. The summed E-state index contributed by atoms with van der Waals surface area (Å²) in [5.41, 5.74) is -0.674. The van der Waals surface area contributed by atoms with Gasteiger partial charge in [0.25, 0.3) is 0 Å². The van der Waals surface area contributed by atoms with Gasteiger partial charge in [0.05, 0.1) is 17.4 Å². The van der Waals surface area contributed by atoms with Crippen molar-refractivity contribution in [2.75, 3.05) is 0 Å². The van der Waals surface area contributed by atoms with Crippen LogP contribution in [0.4, 0.5) is 13.2 Å². The Hall–Kier alpha value is -1.72. The molecule has 0 radical (unpaired) electrons. The summed E-state index contributed by atoms with van der Waals surface area (Å²) in [7, 11) is 0. The summed E-state index contributed by atoms with van der Waals surface area (Å²) < 4.78 is 44.6. The summed E-state index contributed by atoms with van der Waals surface area (Å²) in [5.74, 6) is -1.10. The molecule has 6 heteroatoms. The average molecular weight is 299 g/mol. The van der Waals surface area contributed by atoms with E-state index in [1.165, 1.54) is 6.07 Å². The van der Waals surface area contributed by atoms with Crippen LogP contribution in [0.1, 0.15) is 37.8 Å². The Bertz CT molecular complexity index is 604. The lowest BCUT2D eigenvalue weighted by atomic mass is 9.72. The van der Waals surface area contributed by atoms with E-state index in [4.69, 9.17) is 4.74 Å². The number of ether oxygens (including phenoxy) is 1. The number of carbonyl (C=O) groups is 1. The summed E-state index contributed by atoms with van der Waals surface area (Å²) >= 11 is 0. The van der Waals surface area contributed by atoms with Crippen molar-refractivity contribution in [2.45, 2.75) is 39.1 Å². The minimum atomic E-state index is -4.47. The van der Waals surface area contributed by atoms with Gasteiger partial charge in [-0.2, -0.15) is 13.2 Å². The van der Waals surface area contributed by atoms with Crippen LogP contribution in [-0.2, 0) is 11.0 Å². The number of halogens is 3. The molecule has 1 saturated heterocycles. The van der Waals surface area contributed by atoms with Crippen molar-refractivity contribution in [2.24, 2.45) is 11.3 Å². The molecular formula is C15H16F3NO2. The van der Waals surface area contributed by atoms with Crippen molar-refractivity contribution in [1.29, 1.82) is 0 Å². The molecule has 114 valence electrons. The summed E-state index contributed by atoms with van der Waals surface area (Å²) in [6.45, 7) is 5.72. The van der Waals surface area contributed by atoms with Crippen molar-refractivity contribution in [3.05, 3.63) is 29.3 Å². The van der Waals surface area contributed by atoms with Crippen LogP contribution in [0.3, 0.4) is 0 Å². The first-order valence-corrected chi connectivity index (χ1v) is 6.78. The molecule has 1 aromatic rings. The lowest BCUT2D eigenvalue weighted by Gasteiger charge is -2.28. The minimum Gasteiger partial charge on any atom is -0.469 e. The van der Waals surface area contributed by atoms with E-state index in [1.54, 1.807) is 6.07 Å². The predicted molar refractivity (Wildman–Crippen MR) is 69.7 cm³/mol.